The standard InChI is InChI=1S/C14H20N4/c1-11-8-17-18(10-11)13(3)12(2)16-9-14-6-4-5-7-15-14/h4-8,10,12-13,16H,9H2,1-3H3/t12-,13-/m1/s1. The summed E-state index contributed by atoms with van der Waals surface area (Å²) in [6.07, 6.45) is 5.79. The molecule has 0 unspecified atom stereocenters. The van der Waals surface area contributed by atoms with Gasteiger partial charge in [-0.15, -0.1) is 0 Å². The number of pyridine rings is 1. The third-order valence-corrected chi connectivity index (χ3v) is 3.20. The number of rotatable bonds is 5. The van der Waals surface area contributed by atoms with E-state index >= 15 is 0 Å². The Labute approximate surface area is 108 Å². The molecule has 0 aromatic carbocycles. The molecule has 0 fully saturated rings. The molecule has 4 nitrogen and oxygen atoms in total. The van der Waals surface area contributed by atoms with Gasteiger partial charge in [-0.1, -0.05) is 6.07 Å². The topological polar surface area (TPSA) is 42.7 Å². The summed E-state index contributed by atoms with van der Waals surface area (Å²) in [7, 11) is 0. The third-order valence-electron chi connectivity index (χ3n) is 3.20. The molecule has 0 aliphatic heterocycles. The fourth-order valence-corrected chi connectivity index (χ4v) is 1.82. The van der Waals surface area contributed by atoms with Gasteiger partial charge in [-0.2, -0.15) is 5.10 Å². The van der Waals surface area contributed by atoms with Gasteiger partial charge in [0.15, 0.2) is 0 Å². The van der Waals surface area contributed by atoms with Gasteiger partial charge in [-0.05, 0) is 38.5 Å². The zero-order valence-electron chi connectivity index (χ0n) is 11.2. The highest BCUT2D eigenvalue weighted by Gasteiger charge is 2.14. The molecule has 0 bridgehead atoms. The predicted octanol–water partition coefficient (Wildman–Crippen LogP) is 2.33. The first-order chi connectivity index (χ1) is 8.66. The van der Waals surface area contributed by atoms with E-state index in [1.165, 1.54) is 5.56 Å². The lowest BCUT2D eigenvalue weighted by Crippen LogP contribution is -2.33. The number of aryl methyl sites for hydroxylation is 1. The fourth-order valence-electron chi connectivity index (χ4n) is 1.82. The lowest BCUT2D eigenvalue weighted by atomic mass is 10.1. The van der Waals surface area contributed by atoms with Crippen molar-refractivity contribution in [3.8, 4) is 0 Å². The molecule has 2 heterocycles. The van der Waals surface area contributed by atoms with Crippen LogP contribution in [0.1, 0.15) is 31.1 Å². The highest BCUT2D eigenvalue weighted by Crippen LogP contribution is 2.11. The summed E-state index contributed by atoms with van der Waals surface area (Å²) in [5, 5.41) is 7.84. The van der Waals surface area contributed by atoms with Gasteiger partial charge in [0.2, 0.25) is 0 Å². The molecule has 96 valence electrons. The predicted molar refractivity (Wildman–Crippen MR) is 72.2 cm³/mol. The number of nitrogens with one attached hydrogen (secondary N) is 1. The Hall–Kier alpha value is -1.68. The summed E-state index contributed by atoms with van der Waals surface area (Å²) in [4.78, 5) is 4.30. The molecule has 1 N–H and O–H groups in total. The maximum atomic E-state index is 4.35. The number of hydrogen-bond acceptors (Lipinski definition) is 3. The lowest BCUT2D eigenvalue weighted by molar-refractivity contribution is 0.363. The summed E-state index contributed by atoms with van der Waals surface area (Å²) in [5.74, 6) is 0. The van der Waals surface area contributed by atoms with Crippen molar-refractivity contribution < 1.29 is 0 Å². The summed E-state index contributed by atoms with van der Waals surface area (Å²) >= 11 is 0. The normalized spacial score (nSPS) is 14.4. The monoisotopic (exact) mass is 244 g/mol. The van der Waals surface area contributed by atoms with Crippen LogP contribution < -0.4 is 5.32 Å². The summed E-state index contributed by atoms with van der Waals surface area (Å²) < 4.78 is 2.01. The summed E-state index contributed by atoms with van der Waals surface area (Å²) in [6.45, 7) is 7.18. The number of aromatic nitrogens is 3. The fraction of sp³-hybridized carbons (Fsp3) is 0.429. The molecule has 2 atom stereocenters. The molecular weight excluding hydrogens is 224 g/mol. The minimum Gasteiger partial charge on any atom is -0.307 e. The van der Waals surface area contributed by atoms with Crippen LogP contribution in [0.25, 0.3) is 0 Å². The zero-order chi connectivity index (χ0) is 13.0. The van der Waals surface area contributed by atoms with Crippen LogP contribution in [0.2, 0.25) is 0 Å². The molecule has 0 aliphatic rings. The van der Waals surface area contributed by atoms with E-state index in [2.05, 4.69) is 42.4 Å². The van der Waals surface area contributed by atoms with Crippen molar-refractivity contribution >= 4 is 0 Å². The number of hydrogen-bond donors (Lipinski definition) is 1. The molecular formula is C14H20N4. The van der Waals surface area contributed by atoms with E-state index in [1.54, 1.807) is 0 Å². The molecule has 0 saturated heterocycles. The molecule has 18 heavy (non-hydrogen) atoms. The third kappa shape index (κ3) is 3.17. The van der Waals surface area contributed by atoms with Crippen LogP contribution in [-0.2, 0) is 6.54 Å². The van der Waals surface area contributed by atoms with Crippen molar-refractivity contribution in [1.82, 2.24) is 20.1 Å². The zero-order valence-corrected chi connectivity index (χ0v) is 11.2. The molecule has 2 aromatic rings. The smallest absolute Gasteiger partial charge is 0.0641 e. The van der Waals surface area contributed by atoms with Crippen LogP contribution in [0.4, 0.5) is 0 Å². The first-order valence-electron chi connectivity index (χ1n) is 6.31. The van der Waals surface area contributed by atoms with Crippen molar-refractivity contribution in [1.29, 1.82) is 0 Å². The molecule has 0 aliphatic carbocycles. The molecule has 2 aromatic heterocycles. The maximum Gasteiger partial charge on any atom is 0.0641 e. The van der Waals surface area contributed by atoms with Gasteiger partial charge in [0.1, 0.15) is 0 Å². The van der Waals surface area contributed by atoms with Crippen LogP contribution in [0.5, 0.6) is 0 Å². The van der Waals surface area contributed by atoms with Gasteiger partial charge >= 0.3 is 0 Å². The minimum atomic E-state index is 0.322. The van der Waals surface area contributed by atoms with E-state index < -0.39 is 0 Å². The van der Waals surface area contributed by atoms with Gasteiger partial charge in [0.05, 0.1) is 17.9 Å². The van der Waals surface area contributed by atoms with E-state index in [4.69, 9.17) is 0 Å². The largest absolute Gasteiger partial charge is 0.307 e. The lowest BCUT2D eigenvalue weighted by Gasteiger charge is -2.21. The quantitative estimate of drug-likeness (QED) is 0.877. The molecule has 0 radical (unpaired) electrons. The van der Waals surface area contributed by atoms with Gasteiger partial charge in [0.25, 0.3) is 0 Å². The Morgan fingerprint density at radius 2 is 2.17 bits per heavy atom. The van der Waals surface area contributed by atoms with E-state index in [-0.39, 0.29) is 0 Å². The maximum absolute atomic E-state index is 4.35. The Kier molecular flexibility index (Phi) is 4.10. The highest BCUT2D eigenvalue weighted by molar-refractivity contribution is 5.04. The van der Waals surface area contributed by atoms with E-state index in [0.717, 1.165) is 12.2 Å². The van der Waals surface area contributed by atoms with Crippen molar-refractivity contribution in [2.24, 2.45) is 0 Å². The highest BCUT2D eigenvalue weighted by atomic mass is 15.3. The van der Waals surface area contributed by atoms with E-state index in [9.17, 15) is 0 Å². The number of nitrogens with zero attached hydrogens (tertiary/aromatic N) is 3. The Morgan fingerprint density at radius 1 is 1.33 bits per heavy atom. The second-order valence-electron chi connectivity index (χ2n) is 4.73. The second-order valence-corrected chi connectivity index (χ2v) is 4.73. The van der Waals surface area contributed by atoms with Gasteiger partial charge in [0, 0.05) is 25.0 Å². The van der Waals surface area contributed by atoms with Crippen LogP contribution in [0.15, 0.2) is 36.8 Å². The van der Waals surface area contributed by atoms with Crippen LogP contribution >= 0.6 is 0 Å². The van der Waals surface area contributed by atoms with E-state index in [1.807, 2.05) is 35.3 Å². The van der Waals surface area contributed by atoms with Crippen molar-refractivity contribution in [2.75, 3.05) is 0 Å². The Morgan fingerprint density at radius 3 is 2.78 bits per heavy atom. The van der Waals surface area contributed by atoms with Crippen LogP contribution in [0.3, 0.4) is 0 Å². The first kappa shape index (κ1) is 12.8. The average molecular weight is 244 g/mol. The average Bonchev–Trinajstić information content (AvgIpc) is 2.83. The Bertz CT molecular complexity index is 478. The van der Waals surface area contributed by atoms with Crippen molar-refractivity contribution in [3.63, 3.8) is 0 Å². The molecule has 4 heteroatoms. The summed E-state index contributed by atoms with van der Waals surface area (Å²) in [5.41, 5.74) is 2.26. The molecule has 0 saturated carbocycles. The van der Waals surface area contributed by atoms with Gasteiger partial charge in [-0.3, -0.25) is 9.67 Å². The van der Waals surface area contributed by atoms with Crippen molar-refractivity contribution in [2.45, 2.75) is 39.4 Å². The van der Waals surface area contributed by atoms with E-state index in [0.29, 0.717) is 12.1 Å². The van der Waals surface area contributed by atoms with Crippen molar-refractivity contribution in [3.05, 3.63) is 48.0 Å². The molecule has 0 spiro atoms. The van der Waals surface area contributed by atoms with Crippen LogP contribution in [0, 0.1) is 6.92 Å². The SMILES string of the molecule is Cc1cnn([C@H](C)[C@@H](C)NCc2ccccn2)c1. The minimum absolute atomic E-state index is 0.322. The molecule has 0 amide bonds. The Balaban J connectivity index is 1.90. The summed E-state index contributed by atoms with van der Waals surface area (Å²) in [6, 6.07) is 6.63. The van der Waals surface area contributed by atoms with Gasteiger partial charge in [-0.25, -0.2) is 0 Å². The molecule has 2 rings (SSSR count). The van der Waals surface area contributed by atoms with Crippen LogP contribution in [-0.4, -0.2) is 20.8 Å². The first-order valence-corrected chi connectivity index (χ1v) is 6.31. The second kappa shape index (κ2) is 5.78. The van der Waals surface area contributed by atoms with Gasteiger partial charge < -0.3 is 5.32 Å².